The van der Waals surface area contributed by atoms with Gasteiger partial charge < -0.3 is 4.74 Å². The van der Waals surface area contributed by atoms with Gasteiger partial charge in [-0.2, -0.15) is 5.10 Å². The van der Waals surface area contributed by atoms with Crippen molar-refractivity contribution in [1.29, 1.82) is 0 Å². The minimum absolute atomic E-state index is 0.161. The average Bonchev–Trinajstić information content (AvgIpc) is 2.73. The second-order valence-corrected chi connectivity index (χ2v) is 5.76. The van der Waals surface area contributed by atoms with Crippen molar-refractivity contribution in [3.8, 4) is 5.75 Å². The molecule has 0 spiro atoms. The van der Waals surface area contributed by atoms with Crippen LogP contribution in [0.1, 0.15) is 28.4 Å². The van der Waals surface area contributed by atoms with E-state index in [4.69, 9.17) is 4.74 Å². The van der Waals surface area contributed by atoms with Crippen molar-refractivity contribution in [2.45, 2.75) is 6.92 Å². The fourth-order valence-corrected chi connectivity index (χ4v) is 2.53. The number of hydrogen-bond acceptors (Lipinski definition) is 4. The molecule has 0 aliphatic heterocycles. The number of ketones is 1. The molecule has 0 aliphatic carbocycles. The molecule has 134 valence electrons. The highest BCUT2D eigenvalue weighted by atomic mass is 16.5. The lowest BCUT2D eigenvalue weighted by Gasteiger charge is -2.04. The standard InChI is InChI=1S/C23H20N2O2/c1-2-27-21-15-13-18(14-16-21)17-24-25-22(19-9-5-3-6-10-19)23(26)20-11-7-4-8-12-20/h3-17H,2H2,1H3. The van der Waals surface area contributed by atoms with E-state index in [0.717, 1.165) is 16.9 Å². The summed E-state index contributed by atoms with van der Waals surface area (Å²) in [7, 11) is 0. The van der Waals surface area contributed by atoms with E-state index in [-0.39, 0.29) is 5.78 Å². The zero-order chi connectivity index (χ0) is 18.9. The van der Waals surface area contributed by atoms with Gasteiger partial charge in [-0.05, 0) is 36.8 Å². The van der Waals surface area contributed by atoms with Gasteiger partial charge in [-0.25, -0.2) is 0 Å². The van der Waals surface area contributed by atoms with Gasteiger partial charge >= 0.3 is 0 Å². The Bertz CT molecular complexity index is 931. The third-order valence-corrected chi connectivity index (χ3v) is 3.85. The Balaban J connectivity index is 1.87. The average molecular weight is 356 g/mol. The number of nitrogens with zero attached hydrogens (tertiary/aromatic N) is 2. The van der Waals surface area contributed by atoms with Gasteiger partial charge in [0.1, 0.15) is 11.5 Å². The van der Waals surface area contributed by atoms with Crippen LogP contribution >= 0.6 is 0 Å². The van der Waals surface area contributed by atoms with Gasteiger partial charge in [0.25, 0.3) is 0 Å². The molecule has 0 aliphatic rings. The summed E-state index contributed by atoms with van der Waals surface area (Å²) in [6.45, 7) is 2.57. The molecule has 0 N–H and O–H groups in total. The summed E-state index contributed by atoms with van der Waals surface area (Å²) in [5, 5.41) is 8.37. The SMILES string of the molecule is CCOc1ccc(C=NN=C(C(=O)c2ccccc2)c2ccccc2)cc1. The summed E-state index contributed by atoms with van der Waals surface area (Å²) in [4.78, 5) is 12.9. The fourth-order valence-electron chi connectivity index (χ4n) is 2.53. The maximum Gasteiger partial charge on any atom is 0.213 e. The second kappa shape index (κ2) is 9.25. The zero-order valence-corrected chi connectivity index (χ0v) is 15.1. The first-order valence-corrected chi connectivity index (χ1v) is 8.77. The van der Waals surface area contributed by atoms with E-state index in [0.29, 0.717) is 17.9 Å². The first-order chi connectivity index (χ1) is 13.3. The molecular formula is C23H20N2O2. The molecular weight excluding hydrogens is 336 g/mol. The van der Waals surface area contributed by atoms with Crippen LogP contribution in [0.2, 0.25) is 0 Å². The lowest BCUT2D eigenvalue weighted by Crippen LogP contribution is -2.15. The molecule has 0 bridgehead atoms. The maximum atomic E-state index is 12.9. The summed E-state index contributed by atoms with van der Waals surface area (Å²) in [6.07, 6.45) is 1.62. The second-order valence-electron chi connectivity index (χ2n) is 5.76. The van der Waals surface area contributed by atoms with Crippen LogP contribution in [0, 0.1) is 0 Å². The molecule has 4 heteroatoms. The Morgan fingerprint density at radius 1 is 0.852 bits per heavy atom. The normalized spacial score (nSPS) is 11.5. The van der Waals surface area contributed by atoms with Crippen molar-refractivity contribution in [2.24, 2.45) is 10.2 Å². The van der Waals surface area contributed by atoms with Gasteiger partial charge in [-0.1, -0.05) is 60.7 Å². The van der Waals surface area contributed by atoms with Crippen LogP contribution in [0.15, 0.2) is 95.1 Å². The van der Waals surface area contributed by atoms with Gasteiger partial charge in [0.05, 0.1) is 12.8 Å². The Kier molecular flexibility index (Phi) is 6.26. The van der Waals surface area contributed by atoms with Gasteiger partial charge in [-0.3, -0.25) is 4.79 Å². The molecule has 0 saturated heterocycles. The Labute approximate surface area is 158 Å². The van der Waals surface area contributed by atoms with E-state index >= 15 is 0 Å². The van der Waals surface area contributed by atoms with Gasteiger partial charge in [-0.15, -0.1) is 5.10 Å². The van der Waals surface area contributed by atoms with Crippen LogP contribution in [-0.2, 0) is 0 Å². The van der Waals surface area contributed by atoms with Gasteiger partial charge in [0.2, 0.25) is 5.78 Å². The zero-order valence-electron chi connectivity index (χ0n) is 15.1. The summed E-state index contributed by atoms with van der Waals surface area (Å²) in [5.74, 6) is 0.646. The summed E-state index contributed by atoms with van der Waals surface area (Å²) in [5.41, 5.74) is 2.50. The molecule has 0 radical (unpaired) electrons. The minimum Gasteiger partial charge on any atom is -0.494 e. The molecule has 3 rings (SSSR count). The predicted molar refractivity (Wildman–Crippen MR) is 109 cm³/mol. The molecule has 0 saturated carbocycles. The first kappa shape index (κ1) is 18.3. The van der Waals surface area contributed by atoms with Crippen molar-refractivity contribution < 1.29 is 9.53 Å². The van der Waals surface area contributed by atoms with Crippen molar-refractivity contribution in [3.63, 3.8) is 0 Å². The van der Waals surface area contributed by atoms with Crippen molar-refractivity contribution >= 4 is 17.7 Å². The van der Waals surface area contributed by atoms with Crippen molar-refractivity contribution in [3.05, 3.63) is 102 Å². The van der Waals surface area contributed by atoms with Crippen LogP contribution in [-0.4, -0.2) is 24.3 Å². The summed E-state index contributed by atoms with van der Waals surface area (Å²) < 4.78 is 5.43. The lowest BCUT2D eigenvalue weighted by atomic mass is 10.0. The van der Waals surface area contributed by atoms with E-state index in [2.05, 4.69) is 10.2 Å². The third kappa shape index (κ3) is 4.98. The fraction of sp³-hybridized carbons (Fsp3) is 0.0870. The molecule has 0 atom stereocenters. The molecule has 3 aromatic carbocycles. The monoisotopic (exact) mass is 356 g/mol. The molecule has 3 aromatic rings. The Morgan fingerprint density at radius 2 is 1.44 bits per heavy atom. The molecule has 27 heavy (non-hydrogen) atoms. The number of rotatable bonds is 7. The number of carbonyl (C=O) groups excluding carboxylic acids is 1. The van der Waals surface area contributed by atoms with E-state index in [1.165, 1.54) is 0 Å². The molecule has 0 heterocycles. The predicted octanol–water partition coefficient (Wildman–Crippen LogP) is 4.79. The number of hydrogen-bond donors (Lipinski definition) is 0. The molecule has 0 amide bonds. The largest absolute Gasteiger partial charge is 0.494 e. The lowest BCUT2D eigenvalue weighted by molar-refractivity contribution is 0.106. The Hall–Kier alpha value is -3.53. The van der Waals surface area contributed by atoms with Crippen LogP contribution in [0.25, 0.3) is 0 Å². The first-order valence-electron chi connectivity index (χ1n) is 8.77. The van der Waals surface area contributed by atoms with Gasteiger partial charge in [0, 0.05) is 11.1 Å². The number of ether oxygens (including phenoxy) is 1. The van der Waals surface area contributed by atoms with Crippen LogP contribution in [0.4, 0.5) is 0 Å². The van der Waals surface area contributed by atoms with E-state index < -0.39 is 0 Å². The molecule has 4 nitrogen and oxygen atoms in total. The van der Waals surface area contributed by atoms with E-state index in [1.54, 1.807) is 18.3 Å². The Morgan fingerprint density at radius 3 is 2.04 bits per heavy atom. The highest BCUT2D eigenvalue weighted by Crippen LogP contribution is 2.12. The number of Topliss-reactive ketones (excluding diaryl/α,β-unsaturated/α-hetero) is 1. The smallest absolute Gasteiger partial charge is 0.213 e. The molecule has 0 fully saturated rings. The highest BCUT2D eigenvalue weighted by molar-refractivity contribution is 6.51. The van der Waals surface area contributed by atoms with Crippen LogP contribution in [0.5, 0.6) is 5.75 Å². The molecule has 0 aromatic heterocycles. The summed E-state index contributed by atoms with van der Waals surface area (Å²) >= 11 is 0. The topological polar surface area (TPSA) is 51.0 Å². The number of carbonyl (C=O) groups is 1. The van der Waals surface area contributed by atoms with Crippen molar-refractivity contribution in [2.75, 3.05) is 6.61 Å². The van der Waals surface area contributed by atoms with Gasteiger partial charge in [0.15, 0.2) is 0 Å². The number of benzene rings is 3. The quantitative estimate of drug-likeness (QED) is 0.347. The summed E-state index contributed by atoms with van der Waals surface area (Å²) in [6, 6.07) is 26.0. The minimum atomic E-state index is -0.161. The maximum absolute atomic E-state index is 12.9. The van der Waals surface area contributed by atoms with E-state index in [9.17, 15) is 4.79 Å². The van der Waals surface area contributed by atoms with Crippen LogP contribution in [0.3, 0.4) is 0 Å². The van der Waals surface area contributed by atoms with Crippen molar-refractivity contribution in [1.82, 2.24) is 0 Å². The van der Waals surface area contributed by atoms with Crippen LogP contribution < -0.4 is 4.74 Å². The third-order valence-electron chi connectivity index (χ3n) is 3.85. The highest BCUT2D eigenvalue weighted by Gasteiger charge is 2.15. The van der Waals surface area contributed by atoms with E-state index in [1.807, 2.05) is 79.7 Å². The molecule has 0 unspecified atom stereocenters.